The Kier molecular flexibility index (Phi) is 16.2. The molecule has 120 valence electrons. The third-order valence-corrected chi connectivity index (χ3v) is 3.53. The molecule has 20 heavy (non-hydrogen) atoms. The third-order valence-electron chi connectivity index (χ3n) is 3.53. The molecule has 0 aromatic heterocycles. The summed E-state index contributed by atoms with van der Waals surface area (Å²) in [7, 11) is 0. The maximum atomic E-state index is 11.4. The topological polar surface area (TPSA) is 81.1 Å². The summed E-state index contributed by atoms with van der Waals surface area (Å²) in [5, 5.41) is 3.40. The predicted octanol–water partition coefficient (Wildman–Crippen LogP) is 2.35. The minimum absolute atomic E-state index is 0.388. The monoisotopic (exact) mass is 285 g/mol. The molecule has 0 atom stereocenters. The maximum absolute atomic E-state index is 11.4. The summed E-state index contributed by atoms with van der Waals surface area (Å²) in [5.41, 5.74) is 10.8. The molecule has 0 aromatic carbocycles. The number of carbonyl (C=O) groups excluding carboxylic acids is 1. The fourth-order valence-electron chi connectivity index (χ4n) is 2.23. The van der Waals surface area contributed by atoms with Crippen LogP contribution in [-0.4, -0.2) is 32.0 Å². The quantitative estimate of drug-likeness (QED) is 0.380. The van der Waals surface area contributed by atoms with Crippen LogP contribution >= 0.6 is 0 Å². The lowest BCUT2D eigenvalue weighted by atomic mass is 10.0. The summed E-state index contributed by atoms with van der Waals surface area (Å²) in [6, 6.07) is 0. The van der Waals surface area contributed by atoms with E-state index in [-0.39, 0.29) is 0 Å². The van der Waals surface area contributed by atoms with Gasteiger partial charge in [0.05, 0.1) is 0 Å². The first kappa shape index (κ1) is 19.6. The van der Waals surface area contributed by atoms with Gasteiger partial charge in [-0.15, -0.1) is 0 Å². The minimum Gasteiger partial charge on any atom is -0.330 e. The second-order valence-electron chi connectivity index (χ2n) is 5.55. The van der Waals surface area contributed by atoms with Crippen LogP contribution in [0.15, 0.2) is 0 Å². The van der Waals surface area contributed by atoms with Gasteiger partial charge in [0.1, 0.15) is 5.78 Å². The van der Waals surface area contributed by atoms with Crippen LogP contribution in [0.3, 0.4) is 0 Å². The number of unbranched alkanes of at least 4 members (excludes halogenated alkanes) is 6. The Morgan fingerprint density at radius 1 is 0.650 bits per heavy atom. The first-order valence-corrected chi connectivity index (χ1v) is 8.43. The number of ketones is 1. The van der Waals surface area contributed by atoms with Crippen LogP contribution in [0.4, 0.5) is 0 Å². The summed E-state index contributed by atoms with van der Waals surface area (Å²) in [6.45, 7) is 3.58. The molecule has 0 unspecified atom stereocenters. The molecule has 0 amide bonds. The van der Waals surface area contributed by atoms with Gasteiger partial charge in [-0.2, -0.15) is 0 Å². The van der Waals surface area contributed by atoms with Crippen molar-refractivity contribution in [1.82, 2.24) is 5.32 Å². The van der Waals surface area contributed by atoms with Crippen molar-refractivity contribution in [3.8, 4) is 0 Å². The number of nitrogens with one attached hydrogen (secondary N) is 1. The van der Waals surface area contributed by atoms with Crippen molar-refractivity contribution < 1.29 is 4.79 Å². The van der Waals surface area contributed by atoms with Gasteiger partial charge in [-0.25, -0.2) is 0 Å². The second kappa shape index (κ2) is 16.6. The molecule has 0 aromatic rings. The molecule has 0 bridgehead atoms. The summed E-state index contributed by atoms with van der Waals surface area (Å²) in [6.07, 6.45) is 12.1. The van der Waals surface area contributed by atoms with Gasteiger partial charge in [0.25, 0.3) is 0 Å². The van der Waals surface area contributed by atoms with Gasteiger partial charge in [0.2, 0.25) is 0 Å². The van der Waals surface area contributed by atoms with Gasteiger partial charge >= 0.3 is 0 Å². The van der Waals surface area contributed by atoms with Crippen LogP contribution in [0.1, 0.15) is 70.6 Å². The Morgan fingerprint density at radius 3 is 1.80 bits per heavy atom. The number of hydrogen-bond acceptors (Lipinski definition) is 4. The van der Waals surface area contributed by atoms with Gasteiger partial charge in [0.15, 0.2) is 0 Å². The van der Waals surface area contributed by atoms with E-state index < -0.39 is 0 Å². The van der Waals surface area contributed by atoms with Crippen molar-refractivity contribution in [2.45, 2.75) is 70.6 Å². The van der Waals surface area contributed by atoms with Crippen LogP contribution in [0.2, 0.25) is 0 Å². The minimum atomic E-state index is 0.388. The number of Topliss-reactive ketones (excluding diaryl/α,β-unsaturated/α-hetero) is 1. The van der Waals surface area contributed by atoms with E-state index in [1.165, 1.54) is 38.5 Å². The highest BCUT2D eigenvalue weighted by Crippen LogP contribution is 2.09. The smallest absolute Gasteiger partial charge is 0.132 e. The van der Waals surface area contributed by atoms with E-state index in [2.05, 4.69) is 5.32 Å². The molecular formula is C16H35N3O. The highest BCUT2D eigenvalue weighted by atomic mass is 16.1. The maximum Gasteiger partial charge on any atom is 0.132 e. The van der Waals surface area contributed by atoms with Gasteiger partial charge in [0, 0.05) is 12.8 Å². The molecule has 4 nitrogen and oxygen atoms in total. The van der Waals surface area contributed by atoms with E-state index in [0.29, 0.717) is 18.7 Å². The fraction of sp³-hybridized carbons (Fsp3) is 0.938. The SMILES string of the molecule is NCCCNCCCCCCCCCC(=O)CCCN. The van der Waals surface area contributed by atoms with Crippen molar-refractivity contribution in [2.75, 3.05) is 26.2 Å². The molecule has 4 heteroatoms. The number of hydrogen-bond donors (Lipinski definition) is 3. The number of rotatable bonds is 16. The van der Waals surface area contributed by atoms with E-state index >= 15 is 0 Å². The normalized spacial score (nSPS) is 10.9. The van der Waals surface area contributed by atoms with E-state index in [0.717, 1.165) is 45.3 Å². The Labute approximate surface area is 125 Å². The fourth-order valence-corrected chi connectivity index (χ4v) is 2.23. The lowest BCUT2D eigenvalue weighted by Gasteiger charge is -2.04. The number of carbonyl (C=O) groups is 1. The van der Waals surface area contributed by atoms with Crippen molar-refractivity contribution in [3.05, 3.63) is 0 Å². The zero-order valence-electron chi connectivity index (χ0n) is 13.2. The van der Waals surface area contributed by atoms with Crippen LogP contribution in [0.25, 0.3) is 0 Å². The molecule has 0 saturated heterocycles. The Morgan fingerprint density at radius 2 is 1.15 bits per heavy atom. The molecular weight excluding hydrogens is 250 g/mol. The molecule has 0 aliphatic rings. The van der Waals surface area contributed by atoms with Crippen molar-refractivity contribution >= 4 is 5.78 Å². The lowest BCUT2D eigenvalue weighted by Crippen LogP contribution is -2.19. The molecule has 5 N–H and O–H groups in total. The highest BCUT2D eigenvalue weighted by molar-refractivity contribution is 5.78. The van der Waals surface area contributed by atoms with Crippen LogP contribution in [0.5, 0.6) is 0 Å². The summed E-state index contributed by atoms with van der Waals surface area (Å²) in [4.78, 5) is 11.4. The van der Waals surface area contributed by atoms with E-state index in [4.69, 9.17) is 11.5 Å². The van der Waals surface area contributed by atoms with Gasteiger partial charge in [-0.05, 0) is 51.9 Å². The molecule has 0 fully saturated rings. The molecule has 0 aliphatic carbocycles. The summed E-state index contributed by atoms with van der Waals surface area (Å²) < 4.78 is 0. The zero-order chi connectivity index (χ0) is 14.9. The van der Waals surface area contributed by atoms with Gasteiger partial charge in [-0.1, -0.05) is 32.1 Å². The Bertz CT molecular complexity index is 210. The average Bonchev–Trinajstić information content (AvgIpc) is 2.46. The number of nitrogens with two attached hydrogens (primary N) is 2. The molecule has 0 radical (unpaired) electrons. The molecule has 0 saturated carbocycles. The molecule has 0 heterocycles. The summed E-state index contributed by atoms with van der Waals surface area (Å²) in [5.74, 6) is 0.388. The van der Waals surface area contributed by atoms with E-state index in [1.807, 2.05) is 0 Å². The first-order valence-electron chi connectivity index (χ1n) is 8.43. The average molecular weight is 285 g/mol. The van der Waals surface area contributed by atoms with E-state index in [9.17, 15) is 4.79 Å². The van der Waals surface area contributed by atoms with Gasteiger partial charge in [-0.3, -0.25) is 4.79 Å². The molecule has 0 aliphatic heterocycles. The standard InChI is InChI=1S/C16H35N3O/c17-12-8-11-16(20)10-6-4-2-1-3-5-7-14-19-15-9-13-18/h19H,1-15,17-18H2. The van der Waals surface area contributed by atoms with Crippen LogP contribution in [0, 0.1) is 0 Å². The van der Waals surface area contributed by atoms with Crippen LogP contribution < -0.4 is 16.8 Å². The molecule has 0 rings (SSSR count). The third kappa shape index (κ3) is 15.6. The zero-order valence-corrected chi connectivity index (χ0v) is 13.2. The predicted molar refractivity (Wildman–Crippen MR) is 86.8 cm³/mol. The summed E-state index contributed by atoms with van der Waals surface area (Å²) >= 11 is 0. The Balaban J connectivity index is 3.04. The highest BCUT2D eigenvalue weighted by Gasteiger charge is 2.00. The second-order valence-corrected chi connectivity index (χ2v) is 5.55. The lowest BCUT2D eigenvalue weighted by molar-refractivity contribution is -0.119. The van der Waals surface area contributed by atoms with E-state index in [1.54, 1.807) is 0 Å². The largest absolute Gasteiger partial charge is 0.330 e. The van der Waals surface area contributed by atoms with Crippen molar-refractivity contribution in [2.24, 2.45) is 11.5 Å². The first-order chi connectivity index (χ1) is 9.81. The van der Waals surface area contributed by atoms with Gasteiger partial charge < -0.3 is 16.8 Å². The van der Waals surface area contributed by atoms with Crippen molar-refractivity contribution in [1.29, 1.82) is 0 Å². The Hall–Kier alpha value is -0.450. The van der Waals surface area contributed by atoms with Crippen LogP contribution in [-0.2, 0) is 4.79 Å². The molecule has 0 spiro atoms. The van der Waals surface area contributed by atoms with Crippen molar-refractivity contribution in [3.63, 3.8) is 0 Å².